The normalized spacial score (nSPS) is 11.5. The molecular formula is C12H10F3N3O2S2. The van der Waals surface area contributed by atoms with Gasteiger partial charge in [0.1, 0.15) is 9.88 Å². The molecular weight excluding hydrogens is 339 g/mol. The van der Waals surface area contributed by atoms with Crippen molar-refractivity contribution < 1.29 is 22.8 Å². The van der Waals surface area contributed by atoms with Crippen molar-refractivity contribution in [2.45, 2.75) is 20.0 Å². The molecule has 22 heavy (non-hydrogen) atoms. The second-order valence-corrected chi connectivity index (χ2v) is 6.41. The van der Waals surface area contributed by atoms with E-state index in [2.05, 4.69) is 10.3 Å². The molecule has 0 bridgehead atoms. The van der Waals surface area contributed by atoms with Crippen LogP contribution < -0.4 is 11.1 Å². The summed E-state index contributed by atoms with van der Waals surface area (Å²) in [6, 6.07) is 0. The van der Waals surface area contributed by atoms with Crippen LogP contribution in [0.15, 0.2) is 5.51 Å². The third-order valence-corrected chi connectivity index (χ3v) is 4.85. The fraction of sp³-hybridized carbons (Fsp3) is 0.250. The number of halogens is 3. The standard InChI is InChI=1S/C12H10F3N3O2S2/c1-4-5(2)22-11(6(4)9(16)19)18-10(20)7-8(12(13,14)15)17-3-21-7/h3H,1-2H3,(H2,16,19)(H,18,20). The summed E-state index contributed by atoms with van der Waals surface area (Å²) in [5, 5.41) is 2.45. The van der Waals surface area contributed by atoms with E-state index in [-0.39, 0.29) is 10.6 Å². The lowest BCUT2D eigenvalue weighted by Gasteiger charge is -2.07. The summed E-state index contributed by atoms with van der Waals surface area (Å²) in [5.74, 6) is -1.73. The van der Waals surface area contributed by atoms with Gasteiger partial charge in [-0.25, -0.2) is 4.98 Å². The lowest BCUT2D eigenvalue weighted by molar-refractivity contribution is -0.141. The SMILES string of the molecule is Cc1sc(NC(=O)c2scnc2C(F)(F)F)c(C(N)=O)c1C. The monoisotopic (exact) mass is 349 g/mol. The van der Waals surface area contributed by atoms with E-state index in [9.17, 15) is 22.8 Å². The molecule has 0 unspecified atom stereocenters. The average Bonchev–Trinajstić information content (AvgIpc) is 2.95. The Morgan fingerprint density at radius 1 is 1.32 bits per heavy atom. The third kappa shape index (κ3) is 2.97. The number of aryl methyl sites for hydroxylation is 1. The van der Waals surface area contributed by atoms with E-state index in [1.165, 1.54) is 0 Å². The van der Waals surface area contributed by atoms with Crippen LogP contribution in [0.25, 0.3) is 0 Å². The highest BCUT2D eigenvalue weighted by molar-refractivity contribution is 7.17. The molecule has 2 aromatic rings. The zero-order valence-corrected chi connectivity index (χ0v) is 13.0. The second kappa shape index (κ2) is 5.69. The number of nitrogens with one attached hydrogen (secondary N) is 1. The molecule has 2 aromatic heterocycles. The first-order chi connectivity index (χ1) is 10.1. The maximum Gasteiger partial charge on any atom is 0.434 e. The van der Waals surface area contributed by atoms with Gasteiger partial charge in [-0.3, -0.25) is 9.59 Å². The van der Waals surface area contributed by atoms with Gasteiger partial charge >= 0.3 is 6.18 Å². The minimum absolute atomic E-state index is 0.105. The Morgan fingerprint density at radius 3 is 2.50 bits per heavy atom. The number of thiazole rings is 1. The van der Waals surface area contributed by atoms with E-state index in [0.29, 0.717) is 16.9 Å². The van der Waals surface area contributed by atoms with Crippen molar-refractivity contribution in [1.82, 2.24) is 4.98 Å². The number of nitrogens with two attached hydrogens (primary N) is 1. The minimum Gasteiger partial charge on any atom is -0.365 e. The number of hydrogen-bond donors (Lipinski definition) is 2. The number of anilines is 1. The molecule has 2 amide bonds. The summed E-state index contributed by atoms with van der Waals surface area (Å²) < 4.78 is 38.2. The van der Waals surface area contributed by atoms with Crippen molar-refractivity contribution in [3.05, 3.63) is 32.1 Å². The van der Waals surface area contributed by atoms with E-state index in [1.807, 2.05) is 0 Å². The predicted octanol–water partition coefficient (Wildman–Crippen LogP) is 3.19. The Balaban J connectivity index is 2.37. The molecule has 0 aromatic carbocycles. The number of aromatic nitrogens is 1. The van der Waals surface area contributed by atoms with Crippen molar-refractivity contribution in [3.8, 4) is 0 Å². The van der Waals surface area contributed by atoms with Crippen LogP contribution in [0, 0.1) is 13.8 Å². The average molecular weight is 349 g/mol. The van der Waals surface area contributed by atoms with Gasteiger partial charge < -0.3 is 11.1 Å². The number of carbonyl (C=O) groups is 2. The van der Waals surface area contributed by atoms with E-state index >= 15 is 0 Å². The Bertz CT molecular complexity index is 749. The zero-order valence-electron chi connectivity index (χ0n) is 11.4. The molecule has 5 nitrogen and oxygen atoms in total. The molecule has 0 aliphatic heterocycles. The van der Waals surface area contributed by atoms with E-state index in [4.69, 9.17) is 5.73 Å². The third-order valence-electron chi connectivity index (χ3n) is 2.90. The summed E-state index contributed by atoms with van der Waals surface area (Å²) in [6.45, 7) is 3.37. The van der Waals surface area contributed by atoms with Gasteiger partial charge in [0, 0.05) is 4.88 Å². The fourth-order valence-corrected chi connectivity index (χ4v) is 3.54. The highest BCUT2D eigenvalue weighted by atomic mass is 32.1. The van der Waals surface area contributed by atoms with E-state index in [1.54, 1.807) is 13.8 Å². The van der Waals surface area contributed by atoms with Crippen molar-refractivity contribution in [3.63, 3.8) is 0 Å². The molecule has 3 N–H and O–H groups in total. The number of thiophene rings is 1. The molecule has 0 radical (unpaired) electrons. The Labute approximate surface area is 131 Å². The number of carbonyl (C=O) groups excluding carboxylic acids is 2. The van der Waals surface area contributed by atoms with Crippen LogP contribution >= 0.6 is 22.7 Å². The molecule has 0 saturated heterocycles. The smallest absolute Gasteiger partial charge is 0.365 e. The molecule has 2 heterocycles. The number of alkyl halides is 3. The lowest BCUT2D eigenvalue weighted by atomic mass is 10.1. The summed E-state index contributed by atoms with van der Waals surface area (Å²) in [6.07, 6.45) is -4.72. The minimum atomic E-state index is -4.72. The van der Waals surface area contributed by atoms with Crippen molar-refractivity contribution in [2.24, 2.45) is 5.73 Å². The molecule has 0 aliphatic carbocycles. The number of amides is 2. The number of nitrogens with zero attached hydrogens (tertiary/aromatic N) is 1. The van der Waals surface area contributed by atoms with Crippen LogP contribution in [-0.2, 0) is 6.18 Å². The first kappa shape index (κ1) is 16.4. The van der Waals surface area contributed by atoms with Crippen LogP contribution in [0.5, 0.6) is 0 Å². The number of rotatable bonds is 3. The Hall–Kier alpha value is -1.94. The first-order valence-corrected chi connectivity index (χ1v) is 7.54. The second-order valence-electron chi connectivity index (χ2n) is 4.33. The van der Waals surface area contributed by atoms with Crippen LogP contribution in [-0.4, -0.2) is 16.8 Å². The molecule has 0 atom stereocenters. The molecule has 0 aliphatic rings. The van der Waals surface area contributed by atoms with Gasteiger partial charge in [0.2, 0.25) is 0 Å². The van der Waals surface area contributed by atoms with Crippen LogP contribution in [0.2, 0.25) is 0 Å². The van der Waals surface area contributed by atoms with E-state index < -0.39 is 28.6 Å². The van der Waals surface area contributed by atoms with Gasteiger partial charge in [-0.05, 0) is 19.4 Å². The van der Waals surface area contributed by atoms with Gasteiger partial charge in [0.05, 0.1) is 11.1 Å². The molecule has 0 saturated carbocycles. The molecule has 2 rings (SSSR count). The van der Waals surface area contributed by atoms with Gasteiger partial charge in [-0.15, -0.1) is 22.7 Å². The largest absolute Gasteiger partial charge is 0.434 e. The van der Waals surface area contributed by atoms with E-state index in [0.717, 1.165) is 21.7 Å². The molecule has 0 spiro atoms. The van der Waals surface area contributed by atoms with Gasteiger partial charge in [-0.2, -0.15) is 13.2 Å². The number of primary amides is 1. The molecule has 0 fully saturated rings. The summed E-state index contributed by atoms with van der Waals surface area (Å²) in [5.41, 5.74) is 5.64. The van der Waals surface area contributed by atoms with Gasteiger partial charge in [0.25, 0.3) is 11.8 Å². The maximum atomic E-state index is 12.7. The summed E-state index contributed by atoms with van der Waals surface area (Å²) in [7, 11) is 0. The van der Waals surface area contributed by atoms with Crippen molar-refractivity contribution in [1.29, 1.82) is 0 Å². The molecule has 10 heteroatoms. The highest BCUT2D eigenvalue weighted by Gasteiger charge is 2.38. The van der Waals surface area contributed by atoms with Gasteiger partial charge in [-0.1, -0.05) is 0 Å². The lowest BCUT2D eigenvalue weighted by Crippen LogP contribution is -2.19. The first-order valence-electron chi connectivity index (χ1n) is 5.84. The summed E-state index contributed by atoms with van der Waals surface area (Å²) in [4.78, 5) is 26.8. The van der Waals surface area contributed by atoms with Crippen molar-refractivity contribution >= 4 is 39.5 Å². The Kier molecular flexibility index (Phi) is 4.25. The maximum absolute atomic E-state index is 12.7. The van der Waals surface area contributed by atoms with Crippen molar-refractivity contribution in [2.75, 3.05) is 5.32 Å². The van der Waals surface area contributed by atoms with Gasteiger partial charge in [0.15, 0.2) is 5.69 Å². The van der Waals surface area contributed by atoms with Crippen LogP contribution in [0.4, 0.5) is 18.2 Å². The fourth-order valence-electron chi connectivity index (χ4n) is 1.78. The predicted molar refractivity (Wildman–Crippen MR) is 77.4 cm³/mol. The zero-order chi connectivity index (χ0) is 16.7. The Morgan fingerprint density at radius 2 is 1.95 bits per heavy atom. The quantitative estimate of drug-likeness (QED) is 0.892. The highest BCUT2D eigenvalue weighted by Crippen LogP contribution is 2.35. The topological polar surface area (TPSA) is 85.1 Å². The van der Waals surface area contributed by atoms with Crippen LogP contribution in [0.3, 0.4) is 0 Å². The van der Waals surface area contributed by atoms with Crippen LogP contribution in [0.1, 0.15) is 36.2 Å². The number of hydrogen-bond acceptors (Lipinski definition) is 5. The summed E-state index contributed by atoms with van der Waals surface area (Å²) >= 11 is 1.65. The molecule has 118 valence electrons.